The highest BCUT2D eigenvalue weighted by molar-refractivity contribution is 7.11. The van der Waals surface area contributed by atoms with Gasteiger partial charge in [-0.05, 0) is 19.4 Å². The van der Waals surface area contributed by atoms with Crippen molar-refractivity contribution in [1.29, 1.82) is 5.26 Å². The Bertz CT molecular complexity index is 595. The Hall–Kier alpha value is -1.51. The number of methoxy groups -OCH3 is 1. The molecule has 0 unspecified atom stereocenters. The molecule has 0 aromatic carbocycles. The Morgan fingerprint density at radius 2 is 2.21 bits per heavy atom. The molecule has 0 bridgehead atoms. The van der Waals surface area contributed by atoms with Gasteiger partial charge in [0, 0.05) is 23.6 Å². The van der Waals surface area contributed by atoms with Gasteiger partial charge < -0.3 is 4.74 Å². The third-order valence-corrected chi connectivity index (χ3v) is 4.48. The predicted octanol–water partition coefficient (Wildman–Crippen LogP) is 2.74. The molecule has 1 aliphatic carbocycles. The van der Waals surface area contributed by atoms with Gasteiger partial charge in [-0.2, -0.15) is 5.26 Å². The Balaban J connectivity index is 2.61. The summed E-state index contributed by atoms with van der Waals surface area (Å²) in [6.45, 7) is 5.65. The van der Waals surface area contributed by atoms with E-state index in [1.807, 2.05) is 26.8 Å². The first-order chi connectivity index (χ1) is 8.84. The first kappa shape index (κ1) is 13.9. The summed E-state index contributed by atoms with van der Waals surface area (Å²) in [6.07, 6.45) is 3.90. The molecule has 0 spiro atoms. The fourth-order valence-electron chi connectivity index (χ4n) is 2.44. The Kier molecular flexibility index (Phi) is 3.33. The molecule has 0 radical (unpaired) electrons. The van der Waals surface area contributed by atoms with Crippen LogP contribution in [0.15, 0.2) is 17.8 Å². The van der Waals surface area contributed by atoms with Gasteiger partial charge in [0.1, 0.15) is 16.7 Å². The quantitative estimate of drug-likeness (QED) is 0.833. The van der Waals surface area contributed by atoms with Gasteiger partial charge in [-0.1, -0.05) is 13.8 Å². The van der Waals surface area contributed by atoms with Crippen LogP contribution in [0.5, 0.6) is 0 Å². The number of rotatable bonds is 2. The average Bonchev–Trinajstić information content (AvgIpc) is 2.80. The van der Waals surface area contributed by atoms with Gasteiger partial charge in [-0.25, -0.2) is 4.98 Å². The third-order valence-electron chi connectivity index (χ3n) is 3.41. The molecule has 0 amide bonds. The van der Waals surface area contributed by atoms with Gasteiger partial charge in [0.15, 0.2) is 5.78 Å². The standard InChI is InChI=1S/C14H16N2O2S/c1-9-7-16-12(19-9)14(18-4)5-10(6-15)11(17)13(2,3)8-14/h5,7H,8H2,1-4H3/t14-/m1/s1. The van der Waals surface area contributed by atoms with Crippen molar-refractivity contribution in [2.24, 2.45) is 5.41 Å². The van der Waals surface area contributed by atoms with Crippen LogP contribution in [0.2, 0.25) is 0 Å². The average molecular weight is 276 g/mol. The van der Waals surface area contributed by atoms with Crippen LogP contribution >= 0.6 is 11.3 Å². The lowest BCUT2D eigenvalue weighted by molar-refractivity contribution is -0.128. The number of nitriles is 1. The van der Waals surface area contributed by atoms with E-state index in [-0.39, 0.29) is 11.4 Å². The second-order valence-electron chi connectivity index (χ2n) is 5.43. The molecule has 5 heteroatoms. The smallest absolute Gasteiger partial charge is 0.178 e. The first-order valence-corrected chi connectivity index (χ1v) is 6.82. The van der Waals surface area contributed by atoms with Crippen LogP contribution in [0.3, 0.4) is 0 Å². The fourth-order valence-corrected chi connectivity index (χ4v) is 3.34. The van der Waals surface area contributed by atoms with E-state index in [1.165, 1.54) is 11.3 Å². The highest BCUT2D eigenvalue weighted by atomic mass is 32.1. The summed E-state index contributed by atoms with van der Waals surface area (Å²) in [5.41, 5.74) is -1.25. The summed E-state index contributed by atoms with van der Waals surface area (Å²) in [4.78, 5) is 17.6. The normalized spacial score (nSPS) is 25.8. The van der Waals surface area contributed by atoms with Gasteiger partial charge in [0.25, 0.3) is 0 Å². The number of ketones is 1. The van der Waals surface area contributed by atoms with E-state index in [4.69, 9.17) is 10.00 Å². The van der Waals surface area contributed by atoms with Crippen LogP contribution in [-0.4, -0.2) is 17.9 Å². The predicted molar refractivity (Wildman–Crippen MR) is 72.6 cm³/mol. The summed E-state index contributed by atoms with van der Waals surface area (Å²) in [5.74, 6) is -0.129. The van der Waals surface area contributed by atoms with Crippen molar-refractivity contribution in [2.75, 3.05) is 7.11 Å². The van der Waals surface area contributed by atoms with E-state index >= 15 is 0 Å². The van der Waals surface area contributed by atoms with Crippen molar-refractivity contribution in [3.8, 4) is 6.07 Å². The maximum atomic E-state index is 12.2. The summed E-state index contributed by atoms with van der Waals surface area (Å²) in [5, 5.41) is 9.95. The zero-order chi connectivity index (χ0) is 14.3. The molecule has 1 aromatic heterocycles. The van der Waals surface area contributed by atoms with Crippen molar-refractivity contribution in [1.82, 2.24) is 4.98 Å². The molecule has 1 atom stereocenters. The lowest BCUT2D eigenvalue weighted by Crippen LogP contribution is -2.42. The molecule has 1 aliphatic rings. The molecule has 1 aromatic rings. The van der Waals surface area contributed by atoms with E-state index in [0.717, 1.165) is 9.88 Å². The fraction of sp³-hybridized carbons (Fsp3) is 0.500. The van der Waals surface area contributed by atoms with Gasteiger partial charge in [0.05, 0.1) is 5.57 Å². The maximum Gasteiger partial charge on any atom is 0.178 e. The Morgan fingerprint density at radius 1 is 1.53 bits per heavy atom. The number of Topliss-reactive ketones (excluding diaryl/α,β-unsaturated/α-hetero) is 1. The van der Waals surface area contributed by atoms with Crippen LogP contribution in [-0.2, 0) is 15.1 Å². The number of carbonyl (C=O) groups excluding carboxylic acids is 1. The minimum atomic E-state index is -0.776. The zero-order valence-electron chi connectivity index (χ0n) is 11.5. The molecular weight excluding hydrogens is 260 g/mol. The zero-order valence-corrected chi connectivity index (χ0v) is 12.3. The lowest BCUT2D eigenvalue weighted by atomic mass is 9.70. The Morgan fingerprint density at radius 3 is 2.68 bits per heavy atom. The lowest BCUT2D eigenvalue weighted by Gasteiger charge is -2.38. The highest BCUT2D eigenvalue weighted by Gasteiger charge is 2.47. The van der Waals surface area contributed by atoms with Crippen molar-refractivity contribution in [3.63, 3.8) is 0 Å². The molecule has 0 saturated carbocycles. The third kappa shape index (κ3) is 2.22. The molecule has 1 heterocycles. The Labute approximate surface area is 116 Å². The molecule has 0 fully saturated rings. The van der Waals surface area contributed by atoms with E-state index < -0.39 is 11.0 Å². The number of aryl methyl sites for hydroxylation is 1. The second kappa shape index (κ2) is 4.55. The van der Waals surface area contributed by atoms with Crippen LogP contribution in [0, 0.1) is 23.7 Å². The monoisotopic (exact) mass is 276 g/mol. The topological polar surface area (TPSA) is 63.0 Å². The number of carbonyl (C=O) groups is 1. The number of aromatic nitrogens is 1. The van der Waals surface area contributed by atoms with Crippen molar-refractivity contribution in [2.45, 2.75) is 32.8 Å². The van der Waals surface area contributed by atoms with Gasteiger partial charge in [-0.15, -0.1) is 11.3 Å². The molecule has 4 nitrogen and oxygen atoms in total. The minimum absolute atomic E-state index is 0.129. The van der Waals surface area contributed by atoms with Gasteiger partial charge >= 0.3 is 0 Å². The van der Waals surface area contributed by atoms with E-state index in [9.17, 15) is 4.79 Å². The molecule has 0 aliphatic heterocycles. The summed E-state index contributed by atoms with van der Waals surface area (Å²) >= 11 is 1.53. The van der Waals surface area contributed by atoms with Gasteiger partial charge in [0.2, 0.25) is 0 Å². The number of allylic oxidation sites excluding steroid dienone is 1. The van der Waals surface area contributed by atoms with E-state index in [1.54, 1.807) is 19.4 Å². The number of nitrogens with zero attached hydrogens (tertiary/aromatic N) is 2. The van der Waals surface area contributed by atoms with Gasteiger partial charge in [-0.3, -0.25) is 4.79 Å². The highest BCUT2D eigenvalue weighted by Crippen LogP contribution is 2.46. The number of hydrogen-bond acceptors (Lipinski definition) is 5. The molecule has 19 heavy (non-hydrogen) atoms. The summed E-state index contributed by atoms with van der Waals surface area (Å²) < 4.78 is 5.66. The molecule has 2 rings (SSSR count). The molecular formula is C14H16N2O2S. The maximum absolute atomic E-state index is 12.2. The molecule has 0 N–H and O–H groups in total. The summed E-state index contributed by atoms with van der Waals surface area (Å²) in [6, 6.07) is 1.98. The summed E-state index contributed by atoms with van der Waals surface area (Å²) in [7, 11) is 1.59. The van der Waals surface area contributed by atoms with Crippen molar-refractivity contribution < 1.29 is 9.53 Å². The number of hydrogen-bond donors (Lipinski definition) is 0. The van der Waals surface area contributed by atoms with Crippen LogP contribution in [0.25, 0.3) is 0 Å². The molecule has 0 saturated heterocycles. The van der Waals surface area contributed by atoms with Crippen LogP contribution < -0.4 is 0 Å². The van der Waals surface area contributed by atoms with E-state index in [2.05, 4.69) is 4.98 Å². The first-order valence-electron chi connectivity index (χ1n) is 6.00. The largest absolute Gasteiger partial charge is 0.367 e. The van der Waals surface area contributed by atoms with Crippen LogP contribution in [0.1, 0.15) is 30.2 Å². The SMILES string of the molecule is CO[C@]1(c2ncc(C)s2)C=C(C#N)C(=O)C(C)(C)C1. The molecule has 100 valence electrons. The van der Waals surface area contributed by atoms with Crippen molar-refractivity contribution in [3.05, 3.63) is 27.7 Å². The van der Waals surface area contributed by atoms with Crippen molar-refractivity contribution >= 4 is 17.1 Å². The minimum Gasteiger partial charge on any atom is -0.367 e. The van der Waals surface area contributed by atoms with Crippen LogP contribution in [0.4, 0.5) is 0 Å². The number of thiazole rings is 1. The van der Waals surface area contributed by atoms with E-state index in [0.29, 0.717) is 6.42 Å². The second-order valence-corrected chi connectivity index (χ2v) is 6.66. The number of ether oxygens (including phenoxy) is 1.